The molecule has 2 aromatic rings. The van der Waals surface area contributed by atoms with Crippen LogP contribution < -0.4 is 15.5 Å². The molecule has 0 radical (unpaired) electrons. The molecule has 1 atom stereocenters. The summed E-state index contributed by atoms with van der Waals surface area (Å²) in [6.07, 6.45) is 5.85. The highest BCUT2D eigenvalue weighted by Crippen LogP contribution is 2.19. The zero-order chi connectivity index (χ0) is 18.5. The summed E-state index contributed by atoms with van der Waals surface area (Å²) in [4.78, 5) is 6.82. The minimum atomic E-state index is 0.395. The van der Waals surface area contributed by atoms with Crippen LogP contribution in [0.1, 0.15) is 37.3 Å². The summed E-state index contributed by atoms with van der Waals surface area (Å²) < 4.78 is 2.28. The lowest BCUT2D eigenvalue weighted by atomic mass is 10.2. The van der Waals surface area contributed by atoms with Gasteiger partial charge in [0.1, 0.15) is 5.82 Å². The van der Waals surface area contributed by atoms with Crippen molar-refractivity contribution in [2.75, 3.05) is 25.0 Å². The lowest BCUT2D eigenvalue weighted by Gasteiger charge is -2.20. The van der Waals surface area contributed by atoms with Gasteiger partial charge in [0.15, 0.2) is 11.8 Å². The van der Waals surface area contributed by atoms with Crippen LogP contribution in [-0.2, 0) is 19.5 Å². The molecule has 2 aliphatic rings. The van der Waals surface area contributed by atoms with Gasteiger partial charge < -0.3 is 20.1 Å². The molecule has 27 heavy (non-hydrogen) atoms. The molecule has 7 nitrogen and oxygen atoms in total. The Kier molecular flexibility index (Phi) is 5.55. The van der Waals surface area contributed by atoms with E-state index in [1.807, 2.05) is 7.05 Å². The average molecular weight is 368 g/mol. The maximum Gasteiger partial charge on any atom is 0.191 e. The molecule has 0 bridgehead atoms. The van der Waals surface area contributed by atoms with Crippen molar-refractivity contribution in [3.8, 4) is 0 Å². The average Bonchev–Trinajstić information content (AvgIpc) is 3.26. The van der Waals surface area contributed by atoms with E-state index in [9.17, 15) is 0 Å². The van der Waals surface area contributed by atoms with Crippen molar-refractivity contribution in [2.24, 2.45) is 4.99 Å². The second kappa shape index (κ2) is 8.41. The first-order valence-electron chi connectivity index (χ1n) is 10.0. The number of fused-ring (bicyclic) bond motifs is 1. The third-order valence-corrected chi connectivity index (χ3v) is 5.47. The van der Waals surface area contributed by atoms with Gasteiger partial charge >= 0.3 is 0 Å². The van der Waals surface area contributed by atoms with Gasteiger partial charge in [0.2, 0.25) is 0 Å². The molecule has 2 aliphatic heterocycles. The highest BCUT2D eigenvalue weighted by Gasteiger charge is 2.23. The van der Waals surface area contributed by atoms with Crippen LogP contribution in [0.4, 0.5) is 5.69 Å². The Morgan fingerprint density at radius 1 is 1.15 bits per heavy atom. The van der Waals surface area contributed by atoms with Crippen LogP contribution in [-0.4, -0.2) is 46.9 Å². The number of aromatic nitrogens is 3. The number of rotatable bonds is 4. The Balaban J connectivity index is 1.31. The van der Waals surface area contributed by atoms with Crippen molar-refractivity contribution in [3.63, 3.8) is 0 Å². The van der Waals surface area contributed by atoms with E-state index in [0.717, 1.165) is 50.1 Å². The molecule has 144 valence electrons. The van der Waals surface area contributed by atoms with Gasteiger partial charge in [-0.15, -0.1) is 10.2 Å². The molecule has 1 unspecified atom stereocenters. The van der Waals surface area contributed by atoms with Crippen LogP contribution in [0.25, 0.3) is 0 Å². The number of anilines is 1. The van der Waals surface area contributed by atoms with Gasteiger partial charge in [-0.2, -0.15) is 0 Å². The lowest BCUT2D eigenvalue weighted by Crippen LogP contribution is -2.44. The first-order valence-corrected chi connectivity index (χ1v) is 10.0. The number of aliphatic imine (C=N–C) groups is 1. The second-order valence-electron chi connectivity index (χ2n) is 7.33. The second-order valence-corrected chi connectivity index (χ2v) is 7.33. The first kappa shape index (κ1) is 17.8. The Hall–Kier alpha value is -2.57. The fraction of sp³-hybridized carbons (Fsp3) is 0.550. The van der Waals surface area contributed by atoms with Gasteiger partial charge in [-0.05, 0) is 31.4 Å². The van der Waals surface area contributed by atoms with E-state index >= 15 is 0 Å². The van der Waals surface area contributed by atoms with Crippen molar-refractivity contribution in [3.05, 3.63) is 42.0 Å². The van der Waals surface area contributed by atoms with Gasteiger partial charge in [-0.3, -0.25) is 4.99 Å². The molecular formula is C20H29N7. The molecule has 0 amide bonds. The maximum atomic E-state index is 4.40. The Morgan fingerprint density at radius 3 is 2.89 bits per heavy atom. The van der Waals surface area contributed by atoms with Gasteiger partial charge in [0.25, 0.3) is 0 Å². The minimum absolute atomic E-state index is 0.395. The molecule has 2 N–H and O–H groups in total. The molecular weight excluding hydrogens is 338 g/mol. The maximum absolute atomic E-state index is 4.40. The summed E-state index contributed by atoms with van der Waals surface area (Å²) in [6.45, 7) is 3.74. The number of benzene rings is 1. The summed E-state index contributed by atoms with van der Waals surface area (Å²) >= 11 is 0. The Morgan fingerprint density at radius 2 is 2.04 bits per heavy atom. The number of aryl methyl sites for hydroxylation is 1. The highest BCUT2D eigenvalue weighted by molar-refractivity contribution is 5.80. The molecule has 1 aromatic carbocycles. The van der Waals surface area contributed by atoms with E-state index in [2.05, 4.69) is 65.6 Å². The molecule has 0 aliphatic carbocycles. The van der Waals surface area contributed by atoms with Crippen molar-refractivity contribution in [2.45, 2.75) is 51.2 Å². The van der Waals surface area contributed by atoms with Gasteiger partial charge in [-0.25, -0.2) is 0 Å². The van der Waals surface area contributed by atoms with E-state index in [0.29, 0.717) is 12.6 Å². The normalized spacial score (nSPS) is 20.3. The van der Waals surface area contributed by atoms with Crippen LogP contribution >= 0.6 is 0 Å². The zero-order valence-electron chi connectivity index (χ0n) is 16.1. The van der Waals surface area contributed by atoms with Gasteiger partial charge in [0.05, 0.1) is 6.54 Å². The van der Waals surface area contributed by atoms with Crippen molar-refractivity contribution >= 4 is 11.6 Å². The summed E-state index contributed by atoms with van der Waals surface area (Å²) in [5, 5.41) is 15.7. The molecule has 7 heteroatoms. The van der Waals surface area contributed by atoms with Crippen molar-refractivity contribution in [1.82, 2.24) is 25.4 Å². The van der Waals surface area contributed by atoms with Crippen molar-refractivity contribution < 1.29 is 0 Å². The van der Waals surface area contributed by atoms with Crippen molar-refractivity contribution in [1.29, 1.82) is 0 Å². The van der Waals surface area contributed by atoms with Crippen LogP contribution in [0, 0.1) is 0 Å². The van der Waals surface area contributed by atoms with E-state index in [4.69, 9.17) is 0 Å². The van der Waals surface area contributed by atoms with Crippen LogP contribution in [0.2, 0.25) is 0 Å². The first-order chi connectivity index (χ1) is 13.3. The molecule has 3 heterocycles. The molecule has 0 spiro atoms. The number of hydrogen-bond donors (Lipinski definition) is 2. The predicted molar refractivity (Wildman–Crippen MR) is 108 cm³/mol. The summed E-state index contributed by atoms with van der Waals surface area (Å²) in [5.41, 5.74) is 1.29. The molecule has 1 saturated heterocycles. The number of para-hydroxylation sites is 1. The number of nitrogens with one attached hydrogen (secondary N) is 2. The standard InChI is InChI=1S/C20H29N7/c1-21-20(22-14-19-25-24-18-10-6-3-7-12-27(18)19)23-16-11-13-26(15-16)17-8-4-2-5-9-17/h2,4-5,8-9,16H,3,6-7,10-15H2,1H3,(H2,21,22,23). The van der Waals surface area contributed by atoms with Crippen LogP contribution in [0.15, 0.2) is 35.3 Å². The number of nitrogens with zero attached hydrogens (tertiary/aromatic N) is 5. The van der Waals surface area contributed by atoms with Gasteiger partial charge in [-0.1, -0.05) is 24.6 Å². The fourth-order valence-corrected chi connectivity index (χ4v) is 3.98. The fourth-order valence-electron chi connectivity index (χ4n) is 3.98. The highest BCUT2D eigenvalue weighted by atomic mass is 15.3. The lowest BCUT2D eigenvalue weighted by molar-refractivity contribution is 0.591. The van der Waals surface area contributed by atoms with E-state index in [-0.39, 0.29) is 0 Å². The topological polar surface area (TPSA) is 70.4 Å². The predicted octanol–water partition coefficient (Wildman–Crippen LogP) is 1.95. The molecule has 1 fully saturated rings. The Bertz CT molecular complexity index is 768. The summed E-state index contributed by atoms with van der Waals surface area (Å²) in [5.74, 6) is 2.97. The third-order valence-electron chi connectivity index (χ3n) is 5.47. The van der Waals surface area contributed by atoms with Gasteiger partial charge in [0, 0.05) is 44.8 Å². The third kappa shape index (κ3) is 4.23. The monoisotopic (exact) mass is 367 g/mol. The minimum Gasteiger partial charge on any atom is -0.369 e. The quantitative estimate of drug-likeness (QED) is 0.638. The summed E-state index contributed by atoms with van der Waals surface area (Å²) in [7, 11) is 1.82. The molecule has 1 aromatic heterocycles. The van der Waals surface area contributed by atoms with Crippen LogP contribution in [0.5, 0.6) is 0 Å². The molecule has 0 saturated carbocycles. The van der Waals surface area contributed by atoms with E-state index in [1.165, 1.54) is 24.9 Å². The molecule has 4 rings (SSSR count). The largest absolute Gasteiger partial charge is 0.369 e. The zero-order valence-corrected chi connectivity index (χ0v) is 16.1. The number of hydrogen-bond acceptors (Lipinski definition) is 4. The Labute approximate surface area is 160 Å². The number of guanidine groups is 1. The summed E-state index contributed by atoms with van der Waals surface area (Å²) in [6, 6.07) is 11.0. The smallest absolute Gasteiger partial charge is 0.191 e. The SMILES string of the molecule is CN=C(NCc1nnc2n1CCCCC2)NC1CCN(c2ccccc2)C1. The van der Waals surface area contributed by atoms with E-state index < -0.39 is 0 Å². The van der Waals surface area contributed by atoms with Crippen LogP contribution in [0.3, 0.4) is 0 Å². The van der Waals surface area contributed by atoms with E-state index in [1.54, 1.807) is 0 Å².